The fraction of sp³-hybridized carbons (Fsp3) is 0.417. The number of carboxylic acids is 1. The SMILES string of the molecule is COC(C)N1c2ccccc2CC1C(=O)O. The molecule has 0 amide bonds. The smallest absolute Gasteiger partial charge is 0.326 e. The Labute approximate surface area is 94.4 Å². The third-order valence-corrected chi connectivity index (χ3v) is 3.04. The monoisotopic (exact) mass is 221 g/mol. The second-order valence-corrected chi connectivity index (χ2v) is 3.93. The van der Waals surface area contributed by atoms with E-state index < -0.39 is 12.0 Å². The minimum absolute atomic E-state index is 0.232. The zero-order valence-electron chi connectivity index (χ0n) is 9.38. The van der Waals surface area contributed by atoms with Gasteiger partial charge in [0.2, 0.25) is 0 Å². The van der Waals surface area contributed by atoms with E-state index in [1.165, 1.54) is 0 Å². The molecule has 0 saturated carbocycles. The predicted molar refractivity (Wildman–Crippen MR) is 60.5 cm³/mol. The number of rotatable bonds is 3. The summed E-state index contributed by atoms with van der Waals surface area (Å²) >= 11 is 0. The topological polar surface area (TPSA) is 49.8 Å². The molecule has 0 spiro atoms. The minimum atomic E-state index is -0.805. The molecule has 16 heavy (non-hydrogen) atoms. The normalized spacial score (nSPS) is 20.6. The number of carbonyl (C=O) groups is 1. The third-order valence-electron chi connectivity index (χ3n) is 3.04. The summed E-state index contributed by atoms with van der Waals surface area (Å²) in [5.41, 5.74) is 2.03. The molecule has 2 atom stereocenters. The van der Waals surface area contributed by atoms with Crippen LogP contribution in [-0.4, -0.2) is 30.5 Å². The van der Waals surface area contributed by atoms with Crippen molar-refractivity contribution in [1.82, 2.24) is 0 Å². The average molecular weight is 221 g/mol. The van der Waals surface area contributed by atoms with E-state index in [0.717, 1.165) is 11.3 Å². The number of fused-ring (bicyclic) bond motifs is 1. The Morgan fingerprint density at radius 3 is 2.88 bits per heavy atom. The molecule has 1 aliphatic heterocycles. The van der Waals surface area contributed by atoms with Crippen molar-refractivity contribution in [2.45, 2.75) is 25.6 Å². The summed E-state index contributed by atoms with van der Waals surface area (Å²) in [6.45, 7) is 1.86. The van der Waals surface area contributed by atoms with Gasteiger partial charge in [0, 0.05) is 19.2 Å². The molecule has 0 aromatic heterocycles. The molecule has 2 unspecified atom stereocenters. The van der Waals surface area contributed by atoms with Gasteiger partial charge in [0.25, 0.3) is 0 Å². The molecule has 0 radical (unpaired) electrons. The molecule has 4 nitrogen and oxygen atoms in total. The van der Waals surface area contributed by atoms with Gasteiger partial charge in [-0.05, 0) is 18.6 Å². The number of methoxy groups -OCH3 is 1. The summed E-state index contributed by atoms with van der Waals surface area (Å²) in [6, 6.07) is 7.23. The maximum atomic E-state index is 11.2. The fourth-order valence-electron chi connectivity index (χ4n) is 2.18. The number of hydrogen-bond acceptors (Lipinski definition) is 3. The van der Waals surface area contributed by atoms with E-state index in [0.29, 0.717) is 6.42 Å². The van der Waals surface area contributed by atoms with Crippen molar-refractivity contribution in [2.75, 3.05) is 12.0 Å². The highest BCUT2D eigenvalue weighted by atomic mass is 16.5. The molecule has 0 aliphatic carbocycles. The van der Waals surface area contributed by atoms with Crippen molar-refractivity contribution < 1.29 is 14.6 Å². The van der Waals surface area contributed by atoms with E-state index in [4.69, 9.17) is 4.74 Å². The lowest BCUT2D eigenvalue weighted by atomic mass is 10.1. The number of ether oxygens (including phenoxy) is 1. The van der Waals surface area contributed by atoms with Gasteiger partial charge in [0.15, 0.2) is 0 Å². The predicted octanol–water partition coefficient (Wildman–Crippen LogP) is 1.49. The molecule has 1 aliphatic rings. The van der Waals surface area contributed by atoms with Crippen LogP contribution in [0.3, 0.4) is 0 Å². The highest BCUT2D eigenvalue weighted by molar-refractivity contribution is 5.82. The summed E-state index contributed by atoms with van der Waals surface area (Å²) in [4.78, 5) is 13.0. The maximum absolute atomic E-state index is 11.2. The second-order valence-electron chi connectivity index (χ2n) is 3.93. The van der Waals surface area contributed by atoms with Gasteiger partial charge in [-0.15, -0.1) is 0 Å². The van der Waals surface area contributed by atoms with Gasteiger partial charge >= 0.3 is 5.97 Å². The highest BCUT2D eigenvalue weighted by Gasteiger charge is 2.36. The first-order valence-electron chi connectivity index (χ1n) is 5.27. The third kappa shape index (κ3) is 1.65. The highest BCUT2D eigenvalue weighted by Crippen LogP contribution is 2.33. The zero-order chi connectivity index (χ0) is 11.7. The Morgan fingerprint density at radius 2 is 2.25 bits per heavy atom. The number of benzene rings is 1. The second kappa shape index (κ2) is 4.14. The van der Waals surface area contributed by atoms with Crippen LogP contribution in [0.25, 0.3) is 0 Å². The number of para-hydroxylation sites is 1. The molecule has 4 heteroatoms. The Morgan fingerprint density at radius 1 is 1.56 bits per heavy atom. The van der Waals surface area contributed by atoms with Crippen LogP contribution in [0.15, 0.2) is 24.3 Å². The Hall–Kier alpha value is -1.55. The lowest BCUT2D eigenvalue weighted by Gasteiger charge is -2.30. The van der Waals surface area contributed by atoms with Crippen LogP contribution in [0, 0.1) is 0 Å². The molecule has 86 valence electrons. The summed E-state index contributed by atoms with van der Waals surface area (Å²) < 4.78 is 5.23. The van der Waals surface area contributed by atoms with E-state index in [9.17, 15) is 9.90 Å². The van der Waals surface area contributed by atoms with Crippen molar-refractivity contribution in [3.8, 4) is 0 Å². The summed E-state index contributed by atoms with van der Waals surface area (Å²) in [5, 5.41) is 9.20. The standard InChI is InChI=1S/C12H15NO3/c1-8(16-2)13-10-6-4-3-5-9(10)7-11(13)12(14)15/h3-6,8,11H,7H2,1-2H3,(H,14,15). The molecular formula is C12H15NO3. The van der Waals surface area contributed by atoms with Crippen LogP contribution < -0.4 is 4.90 Å². The van der Waals surface area contributed by atoms with Gasteiger partial charge in [0.05, 0.1) is 0 Å². The van der Waals surface area contributed by atoms with Gasteiger partial charge in [-0.1, -0.05) is 18.2 Å². The number of nitrogens with zero attached hydrogens (tertiary/aromatic N) is 1. The van der Waals surface area contributed by atoms with Gasteiger partial charge < -0.3 is 14.7 Å². The first kappa shape index (κ1) is 11.0. The Kier molecular flexibility index (Phi) is 2.83. The molecule has 1 aromatic rings. The van der Waals surface area contributed by atoms with E-state index in [1.54, 1.807) is 7.11 Å². The molecular weight excluding hydrogens is 206 g/mol. The number of carboxylic acid groups (broad SMARTS) is 1. The Balaban J connectivity index is 2.39. The molecule has 1 aromatic carbocycles. The van der Waals surface area contributed by atoms with Crippen molar-refractivity contribution in [2.24, 2.45) is 0 Å². The molecule has 0 saturated heterocycles. The van der Waals surface area contributed by atoms with E-state index >= 15 is 0 Å². The van der Waals surface area contributed by atoms with Crippen LogP contribution in [0.2, 0.25) is 0 Å². The van der Waals surface area contributed by atoms with Gasteiger partial charge in [-0.3, -0.25) is 0 Å². The molecule has 0 fully saturated rings. The minimum Gasteiger partial charge on any atom is -0.480 e. The van der Waals surface area contributed by atoms with Gasteiger partial charge in [-0.25, -0.2) is 4.79 Å². The van der Waals surface area contributed by atoms with Crippen molar-refractivity contribution in [3.05, 3.63) is 29.8 Å². The lowest BCUT2D eigenvalue weighted by molar-refractivity contribution is -0.139. The van der Waals surface area contributed by atoms with E-state index in [1.807, 2.05) is 36.1 Å². The van der Waals surface area contributed by atoms with Crippen molar-refractivity contribution in [1.29, 1.82) is 0 Å². The largest absolute Gasteiger partial charge is 0.480 e. The summed E-state index contributed by atoms with van der Waals surface area (Å²) in [5.74, 6) is -0.805. The van der Waals surface area contributed by atoms with Crippen LogP contribution in [-0.2, 0) is 16.0 Å². The molecule has 0 bridgehead atoms. The van der Waals surface area contributed by atoms with Crippen molar-refractivity contribution >= 4 is 11.7 Å². The maximum Gasteiger partial charge on any atom is 0.326 e. The fourth-order valence-corrected chi connectivity index (χ4v) is 2.18. The number of anilines is 1. The Bertz CT molecular complexity index is 405. The average Bonchev–Trinajstić information content (AvgIpc) is 2.67. The van der Waals surface area contributed by atoms with Crippen LogP contribution in [0.1, 0.15) is 12.5 Å². The molecule has 1 N–H and O–H groups in total. The van der Waals surface area contributed by atoms with Crippen LogP contribution in [0.5, 0.6) is 0 Å². The van der Waals surface area contributed by atoms with Crippen LogP contribution >= 0.6 is 0 Å². The molecule has 1 heterocycles. The van der Waals surface area contributed by atoms with Gasteiger partial charge in [-0.2, -0.15) is 0 Å². The zero-order valence-corrected chi connectivity index (χ0v) is 9.38. The van der Waals surface area contributed by atoms with Crippen LogP contribution in [0.4, 0.5) is 5.69 Å². The number of aliphatic carboxylic acids is 1. The molecule has 2 rings (SSSR count). The quantitative estimate of drug-likeness (QED) is 0.840. The van der Waals surface area contributed by atoms with Gasteiger partial charge in [0.1, 0.15) is 12.3 Å². The van der Waals surface area contributed by atoms with E-state index in [-0.39, 0.29) is 6.23 Å². The summed E-state index contributed by atoms with van der Waals surface area (Å²) in [6.07, 6.45) is 0.309. The van der Waals surface area contributed by atoms with E-state index in [2.05, 4.69) is 0 Å². The first-order valence-corrected chi connectivity index (χ1v) is 5.27. The van der Waals surface area contributed by atoms with Crippen molar-refractivity contribution in [3.63, 3.8) is 0 Å². The first-order chi connectivity index (χ1) is 7.65. The lowest BCUT2D eigenvalue weighted by Crippen LogP contribution is -2.44. The number of hydrogen-bond donors (Lipinski definition) is 1. The summed E-state index contributed by atoms with van der Waals surface area (Å²) in [7, 11) is 1.59.